The molecule has 5 heteroatoms. The predicted molar refractivity (Wildman–Crippen MR) is 80.4 cm³/mol. The maximum Gasteiger partial charge on any atom is 0.115 e. The minimum Gasteiger partial charge on any atom is -0.397 e. The van der Waals surface area contributed by atoms with Crippen molar-refractivity contribution in [3.63, 3.8) is 0 Å². The third-order valence-corrected chi connectivity index (χ3v) is 3.82. The highest BCUT2D eigenvalue weighted by atomic mass is 35.5. The Kier molecular flexibility index (Phi) is 2.50. The van der Waals surface area contributed by atoms with E-state index in [1.165, 1.54) is 0 Å². The average molecular weight is 273 g/mol. The lowest BCUT2D eigenvalue weighted by Crippen LogP contribution is -2.03. The molecule has 0 aliphatic rings. The lowest BCUT2D eigenvalue weighted by molar-refractivity contribution is 1.31. The first-order chi connectivity index (χ1) is 9.00. The highest BCUT2D eigenvalue weighted by Crippen LogP contribution is 2.33. The summed E-state index contributed by atoms with van der Waals surface area (Å²) in [5.74, 6) is 0. The van der Waals surface area contributed by atoms with Gasteiger partial charge in [-0.1, -0.05) is 17.7 Å². The Morgan fingerprint density at radius 2 is 1.63 bits per heavy atom. The molecule has 1 heterocycles. The van der Waals surface area contributed by atoms with Gasteiger partial charge in [0.15, 0.2) is 0 Å². The summed E-state index contributed by atoms with van der Waals surface area (Å²) in [5.41, 5.74) is 17.8. The van der Waals surface area contributed by atoms with E-state index in [1.54, 1.807) is 6.07 Å². The van der Waals surface area contributed by atoms with Crippen molar-refractivity contribution in [3.05, 3.63) is 34.3 Å². The molecule has 19 heavy (non-hydrogen) atoms. The summed E-state index contributed by atoms with van der Waals surface area (Å²) in [6.07, 6.45) is 0. The number of nitrogens with zero attached hydrogens (tertiary/aromatic N) is 2. The molecule has 0 aliphatic heterocycles. The number of benzene rings is 2. The van der Waals surface area contributed by atoms with Gasteiger partial charge in [0.2, 0.25) is 0 Å². The van der Waals surface area contributed by atoms with E-state index >= 15 is 0 Å². The summed E-state index contributed by atoms with van der Waals surface area (Å²) in [4.78, 5) is 9.16. The normalized spacial score (nSPS) is 11.3. The van der Waals surface area contributed by atoms with Crippen LogP contribution in [0.3, 0.4) is 0 Å². The van der Waals surface area contributed by atoms with Gasteiger partial charge in [0.05, 0.1) is 27.4 Å². The molecule has 0 saturated heterocycles. The maximum absolute atomic E-state index is 6.16. The molecule has 3 aromatic rings. The summed E-state index contributed by atoms with van der Waals surface area (Å²) in [6.45, 7) is 3.89. The average Bonchev–Trinajstić information content (AvgIpc) is 2.42. The maximum atomic E-state index is 6.16. The summed E-state index contributed by atoms with van der Waals surface area (Å²) in [7, 11) is 0. The van der Waals surface area contributed by atoms with E-state index < -0.39 is 0 Å². The molecular weight excluding hydrogens is 260 g/mol. The molecule has 0 radical (unpaired) electrons. The number of hydrogen-bond donors (Lipinski definition) is 2. The second kappa shape index (κ2) is 3.96. The van der Waals surface area contributed by atoms with Crippen LogP contribution < -0.4 is 11.5 Å². The van der Waals surface area contributed by atoms with Crippen LogP contribution in [0.1, 0.15) is 11.1 Å². The van der Waals surface area contributed by atoms with Crippen LogP contribution in [-0.4, -0.2) is 9.97 Å². The first kappa shape index (κ1) is 12.0. The Bertz CT molecular complexity index is 827. The SMILES string of the molecule is Cc1c(N)c(N)c2nc3cccc(Cl)c3nc2c1C. The van der Waals surface area contributed by atoms with Gasteiger partial charge >= 0.3 is 0 Å². The van der Waals surface area contributed by atoms with Crippen LogP contribution in [0.4, 0.5) is 11.4 Å². The van der Waals surface area contributed by atoms with Crippen molar-refractivity contribution in [2.45, 2.75) is 13.8 Å². The van der Waals surface area contributed by atoms with E-state index in [0.717, 1.165) is 16.6 Å². The predicted octanol–water partition coefficient (Wildman–Crippen LogP) is 3.22. The monoisotopic (exact) mass is 272 g/mol. The van der Waals surface area contributed by atoms with Crippen molar-refractivity contribution in [2.75, 3.05) is 11.5 Å². The molecular formula is C14H13ClN4. The van der Waals surface area contributed by atoms with Crippen LogP contribution >= 0.6 is 11.6 Å². The van der Waals surface area contributed by atoms with Crippen LogP contribution in [0.2, 0.25) is 5.02 Å². The van der Waals surface area contributed by atoms with E-state index in [2.05, 4.69) is 9.97 Å². The zero-order valence-corrected chi connectivity index (χ0v) is 11.4. The van der Waals surface area contributed by atoms with Crippen molar-refractivity contribution in [2.24, 2.45) is 0 Å². The third kappa shape index (κ3) is 1.60. The van der Waals surface area contributed by atoms with Crippen LogP contribution in [0.15, 0.2) is 18.2 Å². The molecule has 0 bridgehead atoms. The minimum atomic E-state index is 0.479. The van der Waals surface area contributed by atoms with E-state index in [1.807, 2.05) is 26.0 Å². The second-order valence-electron chi connectivity index (χ2n) is 4.61. The second-order valence-corrected chi connectivity index (χ2v) is 5.01. The Labute approximate surface area is 115 Å². The number of para-hydroxylation sites is 1. The smallest absolute Gasteiger partial charge is 0.115 e. The summed E-state index contributed by atoms with van der Waals surface area (Å²) < 4.78 is 0. The van der Waals surface area contributed by atoms with Gasteiger partial charge in [0, 0.05) is 0 Å². The first-order valence-corrected chi connectivity index (χ1v) is 6.28. The van der Waals surface area contributed by atoms with Gasteiger partial charge in [-0.15, -0.1) is 0 Å². The minimum absolute atomic E-state index is 0.479. The Hall–Kier alpha value is -2.07. The fourth-order valence-electron chi connectivity index (χ4n) is 2.20. The van der Waals surface area contributed by atoms with Gasteiger partial charge < -0.3 is 11.5 Å². The van der Waals surface area contributed by atoms with Crippen LogP contribution in [0.25, 0.3) is 22.1 Å². The van der Waals surface area contributed by atoms with Crippen LogP contribution in [0, 0.1) is 13.8 Å². The highest BCUT2D eigenvalue weighted by Gasteiger charge is 2.14. The van der Waals surface area contributed by atoms with Gasteiger partial charge in [-0.25, -0.2) is 9.97 Å². The number of fused-ring (bicyclic) bond motifs is 2. The Balaban J connectivity index is 2.59. The Morgan fingerprint density at radius 1 is 0.895 bits per heavy atom. The molecule has 2 aromatic carbocycles. The number of anilines is 2. The molecule has 0 aliphatic carbocycles. The van der Waals surface area contributed by atoms with Crippen LogP contribution in [0.5, 0.6) is 0 Å². The third-order valence-electron chi connectivity index (χ3n) is 3.51. The number of rotatable bonds is 0. The topological polar surface area (TPSA) is 77.8 Å². The molecule has 0 spiro atoms. The standard InChI is InChI=1S/C14H13ClN4/c1-6-7(2)12-14(11(17)10(6)16)18-9-5-3-4-8(15)13(9)19-12/h3-5H,16-17H2,1-2H3. The first-order valence-electron chi connectivity index (χ1n) is 5.90. The number of nitrogen functional groups attached to an aromatic ring is 2. The molecule has 0 fully saturated rings. The molecule has 3 rings (SSSR count). The zero-order valence-electron chi connectivity index (χ0n) is 10.7. The van der Waals surface area contributed by atoms with Crippen LogP contribution in [-0.2, 0) is 0 Å². The summed E-state index contributed by atoms with van der Waals surface area (Å²) in [5, 5.41) is 0.583. The van der Waals surface area contributed by atoms with Gasteiger partial charge in [0.25, 0.3) is 0 Å². The van der Waals surface area contributed by atoms with E-state index in [0.29, 0.717) is 32.9 Å². The molecule has 0 saturated carbocycles. The van der Waals surface area contributed by atoms with E-state index in [-0.39, 0.29) is 0 Å². The summed E-state index contributed by atoms with van der Waals surface area (Å²) in [6, 6.07) is 5.50. The quantitative estimate of drug-likeness (QED) is 0.486. The van der Waals surface area contributed by atoms with Crippen molar-refractivity contribution in [1.82, 2.24) is 9.97 Å². The number of aromatic nitrogens is 2. The molecule has 0 amide bonds. The number of nitrogens with two attached hydrogens (primary N) is 2. The van der Waals surface area contributed by atoms with Crippen molar-refractivity contribution < 1.29 is 0 Å². The van der Waals surface area contributed by atoms with Gasteiger partial charge in [0.1, 0.15) is 11.0 Å². The van der Waals surface area contributed by atoms with Crippen molar-refractivity contribution in [1.29, 1.82) is 0 Å². The lowest BCUT2D eigenvalue weighted by Gasteiger charge is -2.12. The number of hydrogen-bond acceptors (Lipinski definition) is 4. The highest BCUT2D eigenvalue weighted by molar-refractivity contribution is 6.35. The largest absolute Gasteiger partial charge is 0.397 e. The molecule has 1 aromatic heterocycles. The zero-order chi connectivity index (χ0) is 13.7. The summed E-state index contributed by atoms with van der Waals surface area (Å²) >= 11 is 6.16. The van der Waals surface area contributed by atoms with Gasteiger partial charge in [-0.2, -0.15) is 0 Å². The molecule has 4 nitrogen and oxygen atoms in total. The van der Waals surface area contributed by atoms with Crippen molar-refractivity contribution in [3.8, 4) is 0 Å². The fourth-order valence-corrected chi connectivity index (χ4v) is 2.41. The van der Waals surface area contributed by atoms with Gasteiger partial charge in [-0.3, -0.25) is 0 Å². The molecule has 0 atom stereocenters. The fraction of sp³-hybridized carbons (Fsp3) is 0.143. The molecule has 4 N–H and O–H groups in total. The molecule has 0 unspecified atom stereocenters. The Morgan fingerprint density at radius 3 is 2.37 bits per heavy atom. The number of halogens is 1. The molecule has 96 valence electrons. The van der Waals surface area contributed by atoms with Crippen molar-refractivity contribution >= 4 is 45.0 Å². The number of aryl methyl sites for hydroxylation is 1. The van der Waals surface area contributed by atoms with E-state index in [4.69, 9.17) is 23.1 Å². The lowest BCUT2D eigenvalue weighted by atomic mass is 10.0. The van der Waals surface area contributed by atoms with E-state index in [9.17, 15) is 0 Å². The van der Waals surface area contributed by atoms with Gasteiger partial charge in [-0.05, 0) is 37.1 Å².